The quantitative estimate of drug-likeness (QED) is 0.639. The van der Waals surface area contributed by atoms with Crippen molar-refractivity contribution in [3.63, 3.8) is 0 Å². The Balaban J connectivity index is 2.23. The summed E-state index contributed by atoms with van der Waals surface area (Å²) in [5, 5.41) is -0.201. The lowest BCUT2D eigenvalue weighted by Gasteiger charge is -2.13. The smallest absolute Gasteiger partial charge is 0.156 e. The maximum Gasteiger partial charge on any atom is 0.156 e. The lowest BCUT2D eigenvalue weighted by Crippen LogP contribution is -2.22. The molecule has 4 heteroatoms. The van der Waals surface area contributed by atoms with E-state index in [1.807, 2.05) is 13.8 Å². The van der Waals surface area contributed by atoms with Crippen molar-refractivity contribution in [1.82, 2.24) is 0 Å². The third kappa shape index (κ3) is 1.40. The Morgan fingerprint density at radius 3 is 2.69 bits per heavy atom. The minimum absolute atomic E-state index is 0.0186. The molecule has 2 fully saturated rings. The van der Waals surface area contributed by atoms with Crippen molar-refractivity contribution in [2.24, 2.45) is 5.92 Å². The van der Waals surface area contributed by atoms with Gasteiger partial charge in [0, 0.05) is 0 Å². The zero-order chi connectivity index (χ0) is 9.64. The van der Waals surface area contributed by atoms with Crippen molar-refractivity contribution in [3.8, 4) is 0 Å². The molecule has 0 spiro atoms. The van der Waals surface area contributed by atoms with Crippen LogP contribution in [0.1, 0.15) is 26.7 Å². The van der Waals surface area contributed by atoms with Crippen LogP contribution in [-0.2, 0) is 14.6 Å². The molecule has 2 aliphatic heterocycles. The minimum atomic E-state index is -2.84. The summed E-state index contributed by atoms with van der Waals surface area (Å²) >= 11 is 0. The van der Waals surface area contributed by atoms with E-state index in [0.717, 1.165) is 6.42 Å². The normalized spacial score (nSPS) is 47.8. The molecule has 2 aliphatic rings. The van der Waals surface area contributed by atoms with Crippen molar-refractivity contribution >= 4 is 9.84 Å². The highest BCUT2D eigenvalue weighted by molar-refractivity contribution is 7.92. The fraction of sp³-hybridized carbons (Fsp3) is 1.00. The molecule has 0 aromatic heterocycles. The predicted octanol–water partition coefficient (Wildman–Crippen LogP) is 0.987. The SMILES string of the molecule is CCC1CC2C(O1)C(C)CS2(=O)=O. The second kappa shape index (κ2) is 2.95. The number of fused-ring (bicyclic) bond motifs is 1. The standard InChI is InChI=1S/C9H16O3S/c1-3-7-4-8-9(12-7)6(2)5-13(8,10)11/h6-9H,3-5H2,1-2H3. The molecule has 4 unspecified atom stereocenters. The highest BCUT2D eigenvalue weighted by Gasteiger charge is 2.51. The van der Waals surface area contributed by atoms with E-state index in [1.165, 1.54) is 0 Å². The summed E-state index contributed by atoms with van der Waals surface area (Å²) in [5.74, 6) is 0.505. The van der Waals surface area contributed by atoms with Gasteiger partial charge in [0.25, 0.3) is 0 Å². The summed E-state index contributed by atoms with van der Waals surface area (Å²) in [7, 11) is -2.84. The van der Waals surface area contributed by atoms with E-state index in [9.17, 15) is 8.42 Å². The van der Waals surface area contributed by atoms with Gasteiger partial charge >= 0.3 is 0 Å². The van der Waals surface area contributed by atoms with Crippen molar-refractivity contribution in [2.45, 2.75) is 44.1 Å². The van der Waals surface area contributed by atoms with Crippen LogP contribution in [0.25, 0.3) is 0 Å². The van der Waals surface area contributed by atoms with Crippen molar-refractivity contribution < 1.29 is 13.2 Å². The number of hydrogen-bond donors (Lipinski definition) is 0. The van der Waals surface area contributed by atoms with Gasteiger partial charge in [-0.2, -0.15) is 0 Å². The van der Waals surface area contributed by atoms with Gasteiger partial charge in [-0.25, -0.2) is 8.42 Å². The number of hydrogen-bond acceptors (Lipinski definition) is 3. The fourth-order valence-corrected chi connectivity index (χ4v) is 4.88. The fourth-order valence-electron chi connectivity index (χ4n) is 2.46. The summed E-state index contributed by atoms with van der Waals surface area (Å²) < 4.78 is 29.0. The largest absolute Gasteiger partial charge is 0.373 e. The molecule has 0 amide bonds. The van der Waals surface area contributed by atoms with E-state index in [0.29, 0.717) is 12.2 Å². The van der Waals surface area contributed by atoms with Crippen LogP contribution in [0.4, 0.5) is 0 Å². The van der Waals surface area contributed by atoms with Crippen LogP contribution in [0, 0.1) is 5.92 Å². The Morgan fingerprint density at radius 1 is 1.46 bits per heavy atom. The third-order valence-electron chi connectivity index (χ3n) is 3.18. The third-order valence-corrected chi connectivity index (χ3v) is 5.56. The van der Waals surface area contributed by atoms with Crippen molar-refractivity contribution in [1.29, 1.82) is 0 Å². The average Bonchev–Trinajstić information content (AvgIpc) is 2.53. The van der Waals surface area contributed by atoms with Gasteiger partial charge in [-0.15, -0.1) is 0 Å². The summed E-state index contributed by atoms with van der Waals surface area (Å²) in [6.45, 7) is 4.02. The Hall–Kier alpha value is -0.0900. The van der Waals surface area contributed by atoms with E-state index in [2.05, 4.69) is 0 Å². The number of sulfone groups is 1. The molecule has 0 aromatic carbocycles. The minimum Gasteiger partial charge on any atom is -0.373 e. The van der Waals surface area contributed by atoms with Crippen LogP contribution in [0.5, 0.6) is 0 Å². The molecule has 0 aliphatic carbocycles. The lowest BCUT2D eigenvalue weighted by atomic mass is 10.0. The lowest BCUT2D eigenvalue weighted by molar-refractivity contribution is 0.0235. The van der Waals surface area contributed by atoms with E-state index in [4.69, 9.17) is 4.74 Å². The van der Waals surface area contributed by atoms with Crippen molar-refractivity contribution in [3.05, 3.63) is 0 Å². The molecular formula is C9H16O3S. The van der Waals surface area contributed by atoms with Crippen LogP contribution in [0.15, 0.2) is 0 Å². The van der Waals surface area contributed by atoms with E-state index < -0.39 is 9.84 Å². The maximum absolute atomic E-state index is 11.6. The van der Waals surface area contributed by atoms with Gasteiger partial charge in [0.15, 0.2) is 9.84 Å². The molecule has 0 saturated carbocycles. The van der Waals surface area contributed by atoms with Crippen LogP contribution in [0.3, 0.4) is 0 Å². The zero-order valence-electron chi connectivity index (χ0n) is 8.06. The predicted molar refractivity (Wildman–Crippen MR) is 50.3 cm³/mol. The molecule has 0 radical (unpaired) electrons. The van der Waals surface area contributed by atoms with Gasteiger partial charge < -0.3 is 4.74 Å². The highest BCUT2D eigenvalue weighted by Crippen LogP contribution is 2.38. The van der Waals surface area contributed by atoms with E-state index in [1.54, 1.807) is 0 Å². The first-order valence-corrected chi connectivity index (χ1v) is 6.63. The van der Waals surface area contributed by atoms with E-state index in [-0.39, 0.29) is 23.4 Å². The molecule has 3 nitrogen and oxygen atoms in total. The monoisotopic (exact) mass is 204 g/mol. The van der Waals surface area contributed by atoms with Gasteiger partial charge in [0.05, 0.1) is 23.2 Å². The van der Waals surface area contributed by atoms with Crippen LogP contribution in [-0.4, -0.2) is 31.6 Å². The molecule has 0 aromatic rings. The molecule has 76 valence electrons. The average molecular weight is 204 g/mol. The first-order chi connectivity index (χ1) is 6.04. The van der Waals surface area contributed by atoms with Gasteiger partial charge in [-0.1, -0.05) is 13.8 Å². The highest BCUT2D eigenvalue weighted by atomic mass is 32.2. The molecule has 0 N–H and O–H groups in total. The second-order valence-electron chi connectivity index (χ2n) is 4.21. The molecule has 4 atom stereocenters. The first kappa shape index (κ1) is 9.46. The first-order valence-electron chi connectivity index (χ1n) is 4.91. The summed E-state index contributed by atoms with van der Waals surface area (Å²) in [6, 6.07) is 0. The maximum atomic E-state index is 11.6. The van der Waals surface area contributed by atoms with Gasteiger partial charge in [0.1, 0.15) is 0 Å². The zero-order valence-corrected chi connectivity index (χ0v) is 8.88. The number of rotatable bonds is 1. The van der Waals surface area contributed by atoms with Crippen molar-refractivity contribution in [2.75, 3.05) is 5.75 Å². The molecular weight excluding hydrogens is 188 g/mol. The molecule has 2 saturated heterocycles. The Labute approximate surface area is 79.4 Å². The van der Waals surface area contributed by atoms with Gasteiger partial charge in [-0.3, -0.25) is 0 Å². The topological polar surface area (TPSA) is 43.4 Å². The molecule has 2 heterocycles. The Morgan fingerprint density at radius 2 is 2.15 bits per heavy atom. The van der Waals surface area contributed by atoms with Gasteiger partial charge in [-0.05, 0) is 18.8 Å². The van der Waals surface area contributed by atoms with Gasteiger partial charge in [0.2, 0.25) is 0 Å². The Kier molecular flexibility index (Phi) is 2.15. The summed E-state index contributed by atoms with van der Waals surface area (Å²) in [6.07, 6.45) is 1.80. The summed E-state index contributed by atoms with van der Waals surface area (Å²) in [5.41, 5.74) is 0. The van der Waals surface area contributed by atoms with Crippen LogP contribution < -0.4 is 0 Å². The molecule has 13 heavy (non-hydrogen) atoms. The Bertz CT molecular complexity index is 296. The summed E-state index contributed by atoms with van der Waals surface area (Å²) in [4.78, 5) is 0. The van der Waals surface area contributed by atoms with E-state index >= 15 is 0 Å². The molecule has 0 bridgehead atoms. The second-order valence-corrected chi connectivity index (χ2v) is 6.48. The van der Waals surface area contributed by atoms with Crippen LogP contribution >= 0.6 is 0 Å². The molecule has 2 rings (SSSR count). The number of ether oxygens (including phenoxy) is 1. The van der Waals surface area contributed by atoms with Crippen LogP contribution in [0.2, 0.25) is 0 Å².